The summed E-state index contributed by atoms with van der Waals surface area (Å²) in [7, 11) is 1.62. The van der Waals surface area contributed by atoms with Crippen molar-refractivity contribution in [3.63, 3.8) is 0 Å². The zero-order valence-corrected chi connectivity index (χ0v) is 12.9. The zero-order valence-electron chi connectivity index (χ0n) is 12.1. The SMILES string of the molecule is CCc1ccccc1C(=O)N(CCOC)CCC(N)=S. The molecule has 0 saturated carbocycles. The van der Waals surface area contributed by atoms with Gasteiger partial charge in [0.15, 0.2) is 0 Å². The lowest BCUT2D eigenvalue weighted by Gasteiger charge is -2.23. The second-order valence-electron chi connectivity index (χ2n) is 4.51. The molecule has 20 heavy (non-hydrogen) atoms. The lowest BCUT2D eigenvalue weighted by Crippen LogP contribution is -2.36. The maximum absolute atomic E-state index is 12.6. The molecule has 0 fully saturated rings. The molecule has 4 nitrogen and oxygen atoms in total. The minimum atomic E-state index is 0.00995. The van der Waals surface area contributed by atoms with Crippen LogP contribution in [0.3, 0.4) is 0 Å². The van der Waals surface area contributed by atoms with Crippen LogP contribution in [0.15, 0.2) is 24.3 Å². The van der Waals surface area contributed by atoms with Gasteiger partial charge < -0.3 is 15.4 Å². The number of nitrogens with two attached hydrogens (primary N) is 1. The van der Waals surface area contributed by atoms with Gasteiger partial charge in [0, 0.05) is 32.2 Å². The molecule has 0 aromatic heterocycles. The highest BCUT2D eigenvalue weighted by Gasteiger charge is 2.17. The summed E-state index contributed by atoms with van der Waals surface area (Å²) >= 11 is 4.89. The van der Waals surface area contributed by atoms with Crippen LogP contribution >= 0.6 is 12.2 Å². The van der Waals surface area contributed by atoms with E-state index in [4.69, 9.17) is 22.7 Å². The fourth-order valence-corrected chi connectivity index (χ4v) is 2.06. The normalized spacial score (nSPS) is 10.3. The van der Waals surface area contributed by atoms with E-state index in [1.807, 2.05) is 31.2 Å². The molecule has 0 spiro atoms. The van der Waals surface area contributed by atoms with Gasteiger partial charge in [0.05, 0.1) is 11.6 Å². The molecule has 110 valence electrons. The Labute approximate surface area is 125 Å². The molecule has 0 aliphatic heterocycles. The van der Waals surface area contributed by atoms with Crippen LogP contribution in [-0.4, -0.2) is 42.6 Å². The Hall–Kier alpha value is -1.46. The molecule has 0 unspecified atom stereocenters. The van der Waals surface area contributed by atoms with Crippen molar-refractivity contribution >= 4 is 23.1 Å². The predicted octanol–water partition coefficient (Wildman–Crippen LogP) is 2.01. The van der Waals surface area contributed by atoms with E-state index in [9.17, 15) is 4.79 Å². The van der Waals surface area contributed by atoms with Gasteiger partial charge in [-0.05, 0) is 18.1 Å². The first-order chi connectivity index (χ1) is 9.60. The summed E-state index contributed by atoms with van der Waals surface area (Å²) in [5.41, 5.74) is 7.32. The summed E-state index contributed by atoms with van der Waals surface area (Å²) in [6, 6.07) is 7.68. The number of rotatable bonds is 8. The number of methoxy groups -OCH3 is 1. The lowest BCUT2D eigenvalue weighted by molar-refractivity contribution is 0.0700. The Balaban J connectivity index is 2.87. The predicted molar refractivity (Wildman–Crippen MR) is 85.0 cm³/mol. The largest absolute Gasteiger partial charge is 0.393 e. The number of nitrogens with zero attached hydrogens (tertiary/aromatic N) is 1. The minimum absolute atomic E-state index is 0.00995. The molecule has 0 radical (unpaired) electrons. The number of ether oxygens (including phenoxy) is 1. The molecule has 1 rings (SSSR count). The number of amides is 1. The number of carbonyl (C=O) groups excluding carboxylic acids is 1. The maximum atomic E-state index is 12.6. The monoisotopic (exact) mass is 294 g/mol. The number of carbonyl (C=O) groups is 1. The summed E-state index contributed by atoms with van der Waals surface area (Å²) in [6.45, 7) is 3.60. The summed E-state index contributed by atoms with van der Waals surface area (Å²) < 4.78 is 5.06. The van der Waals surface area contributed by atoms with Gasteiger partial charge >= 0.3 is 0 Å². The molecule has 1 amide bonds. The first kappa shape index (κ1) is 16.6. The molecule has 2 N–H and O–H groups in total. The third kappa shape index (κ3) is 4.90. The lowest BCUT2D eigenvalue weighted by atomic mass is 10.0. The van der Waals surface area contributed by atoms with Crippen molar-refractivity contribution in [3.05, 3.63) is 35.4 Å². The molecule has 0 bridgehead atoms. The van der Waals surface area contributed by atoms with Crippen molar-refractivity contribution in [1.82, 2.24) is 4.90 Å². The zero-order chi connectivity index (χ0) is 15.0. The second kappa shape index (κ2) is 8.66. The summed E-state index contributed by atoms with van der Waals surface area (Å²) in [6.07, 6.45) is 1.36. The molecule has 0 saturated heterocycles. The number of thiocarbonyl (C=S) groups is 1. The molecular weight excluding hydrogens is 272 g/mol. The van der Waals surface area contributed by atoms with Gasteiger partial charge in [-0.3, -0.25) is 4.79 Å². The first-order valence-corrected chi connectivity index (χ1v) is 7.15. The third-order valence-electron chi connectivity index (χ3n) is 3.11. The summed E-state index contributed by atoms with van der Waals surface area (Å²) in [4.78, 5) is 14.8. The fourth-order valence-electron chi connectivity index (χ4n) is 1.97. The van der Waals surface area contributed by atoms with Gasteiger partial charge in [0.1, 0.15) is 0 Å². The quantitative estimate of drug-likeness (QED) is 0.745. The van der Waals surface area contributed by atoms with E-state index in [1.54, 1.807) is 12.0 Å². The van der Waals surface area contributed by atoms with Gasteiger partial charge in [0.2, 0.25) is 0 Å². The average molecular weight is 294 g/mol. The van der Waals surface area contributed by atoms with Crippen molar-refractivity contribution < 1.29 is 9.53 Å². The molecule has 0 atom stereocenters. The number of hydrogen-bond donors (Lipinski definition) is 1. The van der Waals surface area contributed by atoms with Gasteiger partial charge in [0.25, 0.3) is 5.91 Å². The van der Waals surface area contributed by atoms with E-state index in [0.717, 1.165) is 17.5 Å². The van der Waals surface area contributed by atoms with Crippen molar-refractivity contribution in [2.45, 2.75) is 19.8 Å². The number of aryl methyl sites for hydroxylation is 1. The van der Waals surface area contributed by atoms with Gasteiger partial charge in [-0.25, -0.2) is 0 Å². The Kier molecular flexibility index (Phi) is 7.18. The van der Waals surface area contributed by atoms with E-state index < -0.39 is 0 Å². The van der Waals surface area contributed by atoms with Crippen LogP contribution in [0.25, 0.3) is 0 Å². The molecule has 1 aromatic rings. The van der Waals surface area contributed by atoms with E-state index in [2.05, 4.69) is 0 Å². The van der Waals surface area contributed by atoms with E-state index in [0.29, 0.717) is 31.1 Å². The van der Waals surface area contributed by atoms with E-state index in [1.165, 1.54) is 0 Å². The van der Waals surface area contributed by atoms with Crippen LogP contribution in [0.1, 0.15) is 29.3 Å². The highest BCUT2D eigenvalue weighted by molar-refractivity contribution is 7.80. The standard InChI is InChI=1S/C15H22N2O2S/c1-3-12-6-4-5-7-13(12)15(18)17(10-11-19-2)9-8-14(16)20/h4-7H,3,8-11H2,1-2H3,(H2,16,20). The van der Waals surface area contributed by atoms with Crippen molar-refractivity contribution in [3.8, 4) is 0 Å². The average Bonchev–Trinajstić information content (AvgIpc) is 2.46. The molecule has 0 aliphatic rings. The van der Waals surface area contributed by atoms with E-state index >= 15 is 0 Å². The van der Waals surface area contributed by atoms with Gasteiger partial charge in [-0.1, -0.05) is 37.3 Å². The first-order valence-electron chi connectivity index (χ1n) is 6.74. The van der Waals surface area contributed by atoms with Crippen LogP contribution in [0, 0.1) is 0 Å². The molecule has 5 heteroatoms. The van der Waals surface area contributed by atoms with Crippen LogP contribution in [0.2, 0.25) is 0 Å². The van der Waals surface area contributed by atoms with E-state index in [-0.39, 0.29) is 5.91 Å². The molecule has 1 aromatic carbocycles. The van der Waals surface area contributed by atoms with Crippen LogP contribution in [-0.2, 0) is 11.2 Å². The van der Waals surface area contributed by atoms with Crippen LogP contribution in [0.4, 0.5) is 0 Å². The Morgan fingerprint density at radius 3 is 2.65 bits per heavy atom. The number of benzene rings is 1. The third-order valence-corrected chi connectivity index (χ3v) is 3.31. The van der Waals surface area contributed by atoms with Crippen molar-refractivity contribution in [2.75, 3.05) is 26.8 Å². The summed E-state index contributed by atoms with van der Waals surface area (Å²) in [5.74, 6) is 0.00995. The van der Waals surface area contributed by atoms with Crippen molar-refractivity contribution in [1.29, 1.82) is 0 Å². The Bertz CT molecular complexity index is 463. The maximum Gasteiger partial charge on any atom is 0.254 e. The molecule has 0 aliphatic carbocycles. The Morgan fingerprint density at radius 2 is 2.05 bits per heavy atom. The molecule has 0 heterocycles. The number of hydrogen-bond acceptors (Lipinski definition) is 3. The molecular formula is C15H22N2O2S. The smallest absolute Gasteiger partial charge is 0.254 e. The van der Waals surface area contributed by atoms with Crippen LogP contribution in [0.5, 0.6) is 0 Å². The highest BCUT2D eigenvalue weighted by atomic mass is 32.1. The van der Waals surface area contributed by atoms with Crippen LogP contribution < -0.4 is 5.73 Å². The summed E-state index contributed by atoms with van der Waals surface area (Å²) in [5, 5.41) is 0. The minimum Gasteiger partial charge on any atom is -0.393 e. The fraction of sp³-hybridized carbons (Fsp3) is 0.467. The Morgan fingerprint density at radius 1 is 1.35 bits per heavy atom. The van der Waals surface area contributed by atoms with Crippen molar-refractivity contribution in [2.24, 2.45) is 5.73 Å². The highest BCUT2D eigenvalue weighted by Crippen LogP contribution is 2.13. The topological polar surface area (TPSA) is 55.6 Å². The second-order valence-corrected chi connectivity index (χ2v) is 5.04. The van der Waals surface area contributed by atoms with Gasteiger partial charge in [-0.15, -0.1) is 0 Å². The van der Waals surface area contributed by atoms with Gasteiger partial charge in [-0.2, -0.15) is 0 Å².